The lowest BCUT2D eigenvalue weighted by atomic mass is 9.91. The number of alkyl carbamates (subject to hydrolysis) is 1. The second-order valence-corrected chi connectivity index (χ2v) is 3.78. The Balaban J connectivity index is 2.36. The van der Waals surface area contributed by atoms with Crippen LogP contribution < -0.4 is 5.32 Å². The summed E-state index contributed by atoms with van der Waals surface area (Å²) in [5.74, 6) is -0.338. The first-order chi connectivity index (χ1) is 7.12. The Morgan fingerprint density at radius 1 is 1.47 bits per heavy atom. The number of halogens is 1. The first-order valence-electron chi connectivity index (χ1n) is 4.84. The molecule has 1 aromatic carbocycles. The lowest BCUT2D eigenvalue weighted by molar-refractivity contribution is -0.00508. The maximum atomic E-state index is 13.5. The number of carbonyl (C=O) groups is 1. The molecule has 1 N–H and O–H groups in total. The average molecular weight is 209 g/mol. The van der Waals surface area contributed by atoms with Gasteiger partial charge in [-0.25, -0.2) is 9.18 Å². The second kappa shape index (κ2) is 3.53. The topological polar surface area (TPSA) is 38.3 Å². The molecule has 0 aliphatic carbocycles. The molecule has 3 nitrogen and oxygen atoms in total. The zero-order valence-corrected chi connectivity index (χ0v) is 8.42. The van der Waals surface area contributed by atoms with Crippen molar-refractivity contribution in [2.75, 3.05) is 6.54 Å². The average Bonchev–Trinajstić information content (AvgIpc) is 2.17. The normalized spacial score (nSPS) is 25.6. The van der Waals surface area contributed by atoms with Gasteiger partial charge in [-0.3, -0.25) is 0 Å². The van der Waals surface area contributed by atoms with Gasteiger partial charge in [0.1, 0.15) is 11.4 Å². The third-order valence-electron chi connectivity index (χ3n) is 2.63. The van der Waals surface area contributed by atoms with Gasteiger partial charge in [0.05, 0.1) is 0 Å². The van der Waals surface area contributed by atoms with Gasteiger partial charge in [-0.05, 0) is 13.0 Å². The summed E-state index contributed by atoms with van der Waals surface area (Å²) in [5, 5.41) is 2.54. The van der Waals surface area contributed by atoms with Crippen LogP contribution in [-0.2, 0) is 10.3 Å². The van der Waals surface area contributed by atoms with Crippen LogP contribution in [0.2, 0.25) is 0 Å². The van der Waals surface area contributed by atoms with E-state index in [9.17, 15) is 9.18 Å². The Hall–Kier alpha value is -1.58. The van der Waals surface area contributed by atoms with Gasteiger partial charge >= 0.3 is 6.09 Å². The molecule has 1 aliphatic heterocycles. The lowest BCUT2D eigenvalue weighted by Crippen LogP contribution is -2.44. The number of hydrogen-bond acceptors (Lipinski definition) is 2. The molecule has 80 valence electrons. The number of hydrogen-bond donors (Lipinski definition) is 1. The highest BCUT2D eigenvalue weighted by molar-refractivity contribution is 5.68. The SMILES string of the molecule is CC1(c2ccccc2F)CCNC(=O)O1. The van der Waals surface area contributed by atoms with Crippen molar-refractivity contribution in [3.05, 3.63) is 35.6 Å². The molecule has 1 heterocycles. The maximum absolute atomic E-state index is 13.5. The molecule has 15 heavy (non-hydrogen) atoms. The van der Waals surface area contributed by atoms with Crippen molar-refractivity contribution in [2.45, 2.75) is 18.9 Å². The molecule has 4 heteroatoms. The van der Waals surface area contributed by atoms with Crippen LogP contribution in [0.25, 0.3) is 0 Å². The predicted molar refractivity (Wildman–Crippen MR) is 52.9 cm³/mol. The minimum atomic E-state index is -0.853. The first kappa shape index (κ1) is 9.96. The molecule has 1 fully saturated rings. The molecule has 1 amide bonds. The Morgan fingerprint density at radius 2 is 2.20 bits per heavy atom. The summed E-state index contributed by atoms with van der Waals surface area (Å²) in [4.78, 5) is 11.1. The van der Waals surface area contributed by atoms with E-state index in [2.05, 4.69) is 5.32 Å². The lowest BCUT2D eigenvalue weighted by Gasteiger charge is -2.34. The van der Waals surface area contributed by atoms with Crippen molar-refractivity contribution in [1.82, 2.24) is 5.32 Å². The van der Waals surface area contributed by atoms with Crippen molar-refractivity contribution in [2.24, 2.45) is 0 Å². The summed E-state index contributed by atoms with van der Waals surface area (Å²) in [6, 6.07) is 6.37. The second-order valence-electron chi connectivity index (χ2n) is 3.78. The number of cyclic esters (lactones) is 1. The Morgan fingerprint density at radius 3 is 2.87 bits per heavy atom. The third-order valence-corrected chi connectivity index (χ3v) is 2.63. The third kappa shape index (κ3) is 1.79. The van der Waals surface area contributed by atoms with E-state index < -0.39 is 11.7 Å². The Labute approximate surface area is 87.2 Å². The number of ether oxygens (including phenoxy) is 1. The molecule has 1 saturated heterocycles. The van der Waals surface area contributed by atoms with E-state index in [0.29, 0.717) is 18.5 Å². The quantitative estimate of drug-likeness (QED) is 0.769. The number of amides is 1. The molecule has 1 aromatic rings. The van der Waals surface area contributed by atoms with E-state index in [1.54, 1.807) is 25.1 Å². The monoisotopic (exact) mass is 209 g/mol. The molecule has 0 saturated carbocycles. The van der Waals surface area contributed by atoms with Crippen LogP contribution >= 0.6 is 0 Å². The first-order valence-corrected chi connectivity index (χ1v) is 4.84. The molecule has 0 aromatic heterocycles. The maximum Gasteiger partial charge on any atom is 0.408 e. The van der Waals surface area contributed by atoms with Crippen LogP contribution in [0, 0.1) is 5.82 Å². The fourth-order valence-corrected chi connectivity index (χ4v) is 1.77. The van der Waals surface area contributed by atoms with Gasteiger partial charge in [0.2, 0.25) is 0 Å². The molecular formula is C11H12FNO2. The van der Waals surface area contributed by atoms with Crippen molar-refractivity contribution in [3.8, 4) is 0 Å². The highest BCUT2D eigenvalue weighted by Gasteiger charge is 2.36. The van der Waals surface area contributed by atoms with Gasteiger partial charge < -0.3 is 10.1 Å². The van der Waals surface area contributed by atoms with E-state index in [1.165, 1.54) is 6.07 Å². The molecule has 0 radical (unpaired) electrons. The van der Waals surface area contributed by atoms with Crippen molar-refractivity contribution in [3.63, 3.8) is 0 Å². The zero-order chi connectivity index (χ0) is 10.9. The van der Waals surface area contributed by atoms with Crippen molar-refractivity contribution < 1.29 is 13.9 Å². The number of rotatable bonds is 1. The standard InChI is InChI=1S/C11H12FNO2/c1-11(6-7-13-10(14)15-11)8-4-2-3-5-9(8)12/h2-5H,6-7H2,1H3,(H,13,14). The highest BCUT2D eigenvalue weighted by Crippen LogP contribution is 2.32. The predicted octanol–water partition coefficient (Wildman–Crippen LogP) is 2.17. The van der Waals surface area contributed by atoms with Crippen LogP contribution in [0.1, 0.15) is 18.9 Å². The summed E-state index contributed by atoms with van der Waals surface area (Å²) in [6.45, 7) is 2.23. The van der Waals surface area contributed by atoms with Gasteiger partial charge in [-0.1, -0.05) is 18.2 Å². The van der Waals surface area contributed by atoms with Gasteiger partial charge in [0, 0.05) is 18.5 Å². The smallest absolute Gasteiger partial charge is 0.408 e. The zero-order valence-electron chi connectivity index (χ0n) is 8.42. The molecule has 1 aliphatic rings. The minimum Gasteiger partial charge on any atom is -0.438 e. The van der Waals surface area contributed by atoms with E-state index in [4.69, 9.17) is 4.74 Å². The molecule has 0 spiro atoms. The van der Waals surface area contributed by atoms with Crippen molar-refractivity contribution >= 4 is 6.09 Å². The minimum absolute atomic E-state index is 0.338. The van der Waals surface area contributed by atoms with E-state index in [-0.39, 0.29) is 5.82 Å². The van der Waals surface area contributed by atoms with E-state index in [1.807, 2.05) is 0 Å². The van der Waals surface area contributed by atoms with Gasteiger partial charge in [-0.2, -0.15) is 0 Å². The molecule has 1 unspecified atom stereocenters. The summed E-state index contributed by atoms with van der Waals surface area (Å²) in [7, 11) is 0. The summed E-state index contributed by atoms with van der Waals surface area (Å²) < 4.78 is 18.7. The molecular weight excluding hydrogens is 197 g/mol. The Kier molecular flexibility index (Phi) is 2.34. The van der Waals surface area contributed by atoms with Crippen LogP contribution in [0.4, 0.5) is 9.18 Å². The fraction of sp³-hybridized carbons (Fsp3) is 0.364. The van der Waals surface area contributed by atoms with Crippen LogP contribution in [-0.4, -0.2) is 12.6 Å². The largest absolute Gasteiger partial charge is 0.438 e. The highest BCUT2D eigenvalue weighted by atomic mass is 19.1. The van der Waals surface area contributed by atoms with E-state index >= 15 is 0 Å². The summed E-state index contributed by atoms with van der Waals surface area (Å²) >= 11 is 0. The molecule has 0 bridgehead atoms. The van der Waals surface area contributed by atoms with Gasteiger partial charge in [0.25, 0.3) is 0 Å². The number of carbonyl (C=O) groups excluding carboxylic acids is 1. The van der Waals surface area contributed by atoms with Crippen LogP contribution in [0.3, 0.4) is 0 Å². The number of benzene rings is 1. The van der Waals surface area contributed by atoms with Gasteiger partial charge in [-0.15, -0.1) is 0 Å². The van der Waals surface area contributed by atoms with Crippen LogP contribution in [0.15, 0.2) is 24.3 Å². The molecule has 2 rings (SSSR count). The fourth-order valence-electron chi connectivity index (χ4n) is 1.77. The van der Waals surface area contributed by atoms with Gasteiger partial charge in [0.15, 0.2) is 0 Å². The molecule has 1 atom stereocenters. The number of nitrogens with one attached hydrogen (secondary N) is 1. The summed E-state index contributed by atoms with van der Waals surface area (Å²) in [5.41, 5.74) is -0.423. The Bertz CT molecular complexity index is 394. The van der Waals surface area contributed by atoms with Crippen molar-refractivity contribution in [1.29, 1.82) is 0 Å². The van der Waals surface area contributed by atoms with E-state index in [0.717, 1.165) is 0 Å². The van der Waals surface area contributed by atoms with Crippen LogP contribution in [0.5, 0.6) is 0 Å². The summed E-state index contributed by atoms with van der Waals surface area (Å²) in [6.07, 6.45) is 0.0756.